The molecule has 0 atom stereocenters. The lowest BCUT2D eigenvalue weighted by Gasteiger charge is -2.00. The van der Waals surface area contributed by atoms with Gasteiger partial charge in [0, 0.05) is 21.1 Å². The zero-order valence-electron chi connectivity index (χ0n) is 10.4. The van der Waals surface area contributed by atoms with Gasteiger partial charge in [0.2, 0.25) is 0 Å². The Hall–Kier alpha value is -1.23. The third-order valence-electron chi connectivity index (χ3n) is 2.94. The number of aromatic nitrogens is 2. The van der Waals surface area contributed by atoms with E-state index in [1.54, 1.807) is 19.2 Å². The van der Waals surface area contributed by atoms with Crippen molar-refractivity contribution in [1.82, 2.24) is 9.97 Å². The van der Waals surface area contributed by atoms with Gasteiger partial charge in [-0.1, -0.05) is 23.2 Å². The van der Waals surface area contributed by atoms with Crippen molar-refractivity contribution in [3.63, 3.8) is 0 Å². The van der Waals surface area contributed by atoms with E-state index in [2.05, 4.69) is 25.9 Å². The number of H-pyrrole nitrogens is 1. The standard InChI is InChI=1S/C14H9BrCl2N2O/c1-20-8-5-10(15)13-12(6-8)18-14(19-13)9-3-2-7(16)4-11(9)17/h2-6H,1H3,(H,18,19). The van der Waals surface area contributed by atoms with Crippen LogP contribution >= 0.6 is 39.1 Å². The van der Waals surface area contributed by atoms with Crippen molar-refractivity contribution in [3.05, 3.63) is 44.8 Å². The topological polar surface area (TPSA) is 37.9 Å². The summed E-state index contributed by atoms with van der Waals surface area (Å²) >= 11 is 15.6. The van der Waals surface area contributed by atoms with Crippen molar-refractivity contribution in [2.45, 2.75) is 0 Å². The van der Waals surface area contributed by atoms with Gasteiger partial charge in [-0.15, -0.1) is 0 Å². The Bertz CT molecular complexity index is 801. The lowest BCUT2D eigenvalue weighted by atomic mass is 10.2. The average Bonchev–Trinajstić information content (AvgIpc) is 2.82. The van der Waals surface area contributed by atoms with E-state index in [-0.39, 0.29) is 0 Å². The number of methoxy groups -OCH3 is 1. The minimum Gasteiger partial charge on any atom is -0.497 e. The summed E-state index contributed by atoms with van der Waals surface area (Å²) in [7, 11) is 1.63. The smallest absolute Gasteiger partial charge is 0.140 e. The third-order valence-corrected chi connectivity index (χ3v) is 4.09. The highest BCUT2D eigenvalue weighted by Gasteiger charge is 2.12. The SMILES string of the molecule is COc1cc(Br)c2nc(-c3ccc(Cl)cc3Cl)[nH]c2c1. The maximum Gasteiger partial charge on any atom is 0.140 e. The molecule has 0 aliphatic heterocycles. The molecule has 0 bridgehead atoms. The van der Waals surface area contributed by atoms with E-state index >= 15 is 0 Å². The monoisotopic (exact) mass is 370 g/mol. The summed E-state index contributed by atoms with van der Waals surface area (Å²) < 4.78 is 6.10. The number of benzene rings is 2. The minimum absolute atomic E-state index is 0.555. The zero-order chi connectivity index (χ0) is 14.3. The van der Waals surface area contributed by atoms with Crippen LogP contribution < -0.4 is 4.74 Å². The molecule has 0 aliphatic rings. The molecule has 0 saturated heterocycles. The molecule has 3 rings (SSSR count). The largest absolute Gasteiger partial charge is 0.497 e. The van der Waals surface area contributed by atoms with Gasteiger partial charge in [-0.2, -0.15) is 0 Å². The Morgan fingerprint density at radius 3 is 2.70 bits per heavy atom. The van der Waals surface area contributed by atoms with Gasteiger partial charge < -0.3 is 9.72 Å². The minimum atomic E-state index is 0.555. The number of hydrogen-bond acceptors (Lipinski definition) is 2. The normalized spacial score (nSPS) is 11.0. The van der Waals surface area contributed by atoms with Crippen LogP contribution in [0.2, 0.25) is 10.0 Å². The molecule has 3 aromatic rings. The summed E-state index contributed by atoms with van der Waals surface area (Å²) in [5.74, 6) is 1.44. The molecule has 102 valence electrons. The van der Waals surface area contributed by atoms with Crippen LogP contribution in [0, 0.1) is 0 Å². The van der Waals surface area contributed by atoms with Gasteiger partial charge >= 0.3 is 0 Å². The number of ether oxygens (including phenoxy) is 1. The van der Waals surface area contributed by atoms with Crippen LogP contribution in [0.25, 0.3) is 22.4 Å². The van der Waals surface area contributed by atoms with Crippen molar-refractivity contribution in [2.75, 3.05) is 7.11 Å². The number of nitrogens with one attached hydrogen (secondary N) is 1. The van der Waals surface area contributed by atoms with E-state index in [9.17, 15) is 0 Å². The fraction of sp³-hybridized carbons (Fsp3) is 0.0714. The molecule has 3 nitrogen and oxygen atoms in total. The van der Waals surface area contributed by atoms with Gasteiger partial charge in [-0.25, -0.2) is 4.98 Å². The maximum atomic E-state index is 6.21. The molecule has 0 fully saturated rings. The first-order valence-electron chi connectivity index (χ1n) is 5.77. The molecule has 1 N–H and O–H groups in total. The Morgan fingerprint density at radius 2 is 2.00 bits per heavy atom. The van der Waals surface area contributed by atoms with Crippen LogP contribution in [0.1, 0.15) is 0 Å². The van der Waals surface area contributed by atoms with Crippen LogP contribution in [-0.2, 0) is 0 Å². The van der Waals surface area contributed by atoms with Crippen molar-refractivity contribution in [3.8, 4) is 17.1 Å². The molecule has 0 radical (unpaired) electrons. The van der Waals surface area contributed by atoms with E-state index in [1.807, 2.05) is 18.2 Å². The third kappa shape index (κ3) is 2.39. The zero-order valence-corrected chi connectivity index (χ0v) is 13.5. The lowest BCUT2D eigenvalue weighted by molar-refractivity contribution is 0.415. The van der Waals surface area contributed by atoms with Gasteiger partial charge in [0.05, 0.1) is 17.6 Å². The molecule has 0 amide bonds. The number of halogens is 3. The summed E-state index contributed by atoms with van der Waals surface area (Å²) in [4.78, 5) is 7.80. The molecule has 0 spiro atoms. The van der Waals surface area contributed by atoms with Crippen molar-refractivity contribution in [1.29, 1.82) is 0 Å². The fourth-order valence-electron chi connectivity index (χ4n) is 1.98. The number of rotatable bonds is 2. The first kappa shape index (κ1) is 13.7. The molecule has 1 aromatic heterocycles. The van der Waals surface area contributed by atoms with Gasteiger partial charge in [-0.05, 0) is 40.2 Å². The predicted octanol–water partition coefficient (Wildman–Crippen LogP) is 5.31. The first-order chi connectivity index (χ1) is 9.58. The summed E-state index contributed by atoms with van der Waals surface area (Å²) in [6.45, 7) is 0. The second-order valence-electron chi connectivity index (χ2n) is 4.21. The molecule has 1 heterocycles. The summed E-state index contributed by atoms with van der Waals surface area (Å²) in [5.41, 5.74) is 2.50. The molecular weight excluding hydrogens is 363 g/mol. The van der Waals surface area contributed by atoms with E-state index in [4.69, 9.17) is 27.9 Å². The highest BCUT2D eigenvalue weighted by molar-refractivity contribution is 9.10. The van der Waals surface area contributed by atoms with Crippen LogP contribution in [0.4, 0.5) is 0 Å². The van der Waals surface area contributed by atoms with Crippen LogP contribution in [0.5, 0.6) is 5.75 Å². The number of fused-ring (bicyclic) bond motifs is 1. The Kier molecular flexibility index (Phi) is 3.63. The second kappa shape index (κ2) is 5.28. The Balaban J connectivity index is 2.20. The van der Waals surface area contributed by atoms with Gasteiger partial charge in [0.25, 0.3) is 0 Å². The first-order valence-corrected chi connectivity index (χ1v) is 7.32. The number of hydrogen-bond donors (Lipinski definition) is 1. The Labute approximate surface area is 134 Å². The number of nitrogens with zero attached hydrogens (tertiary/aromatic N) is 1. The van der Waals surface area contributed by atoms with Gasteiger partial charge in [0.1, 0.15) is 17.1 Å². The summed E-state index contributed by atoms with van der Waals surface area (Å²) in [5, 5.41) is 1.15. The molecule has 2 aromatic carbocycles. The molecular formula is C14H9BrCl2N2O. The van der Waals surface area contributed by atoms with E-state index in [0.717, 1.165) is 26.8 Å². The molecule has 20 heavy (non-hydrogen) atoms. The average molecular weight is 372 g/mol. The van der Waals surface area contributed by atoms with Crippen molar-refractivity contribution in [2.24, 2.45) is 0 Å². The van der Waals surface area contributed by atoms with Crippen LogP contribution in [-0.4, -0.2) is 17.1 Å². The van der Waals surface area contributed by atoms with Crippen molar-refractivity contribution >= 4 is 50.2 Å². The summed E-state index contributed by atoms with van der Waals surface area (Å²) in [6, 6.07) is 9.08. The van der Waals surface area contributed by atoms with E-state index in [0.29, 0.717) is 15.9 Å². The lowest BCUT2D eigenvalue weighted by Crippen LogP contribution is -1.82. The van der Waals surface area contributed by atoms with Crippen molar-refractivity contribution < 1.29 is 4.74 Å². The highest BCUT2D eigenvalue weighted by Crippen LogP contribution is 2.33. The second-order valence-corrected chi connectivity index (χ2v) is 5.91. The number of imidazole rings is 1. The molecule has 6 heteroatoms. The van der Waals surface area contributed by atoms with E-state index in [1.165, 1.54) is 0 Å². The highest BCUT2D eigenvalue weighted by atomic mass is 79.9. The molecule has 0 saturated carbocycles. The summed E-state index contributed by atoms with van der Waals surface area (Å²) in [6.07, 6.45) is 0. The fourth-order valence-corrected chi connectivity index (χ4v) is 3.00. The van der Waals surface area contributed by atoms with Gasteiger partial charge in [0.15, 0.2) is 0 Å². The quantitative estimate of drug-likeness (QED) is 0.662. The molecule has 0 aliphatic carbocycles. The predicted molar refractivity (Wildman–Crippen MR) is 85.8 cm³/mol. The maximum absolute atomic E-state index is 6.21. The van der Waals surface area contributed by atoms with Gasteiger partial charge in [-0.3, -0.25) is 0 Å². The van der Waals surface area contributed by atoms with Crippen LogP contribution in [0.3, 0.4) is 0 Å². The number of aromatic amines is 1. The van der Waals surface area contributed by atoms with E-state index < -0.39 is 0 Å². The molecule has 0 unspecified atom stereocenters. The Morgan fingerprint density at radius 1 is 1.20 bits per heavy atom. The van der Waals surface area contributed by atoms with Crippen LogP contribution in [0.15, 0.2) is 34.8 Å².